The number of hydrogen-bond acceptors (Lipinski definition) is 3. The summed E-state index contributed by atoms with van der Waals surface area (Å²) in [6.07, 6.45) is 2.63. The molecule has 0 saturated heterocycles. The van der Waals surface area contributed by atoms with Gasteiger partial charge in [0.15, 0.2) is 0 Å². The van der Waals surface area contributed by atoms with E-state index in [-0.39, 0.29) is 5.82 Å². The number of hydrogen-bond donors (Lipinski definition) is 2. The predicted molar refractivity (Wildman–Crippen MR) is 83.5 cm³/mol. The van der Waals surface area contributed by atoms with Gasteiger partial charge in [0.25, 0.3) is 0 Å². The van der Waals surface area contributed by atoms with Crippen LogP contribution in [0.4, 0.5) is 4.39 Å². The molecular formula is C13H15Br2FN4. The average Bonchev–Trinajstić information content (AvgIpc) is 2.78. The molecule has 1 aromatic carbocycles. The van der Waals surface area contributed by atoms with Gasteiger partial charge in [-0.05, 0) is 44.3 Å². The summed E-state index contributed by atoms with van der Waals surface area (Å²) in [7, 11) is 0. The predicted octanol–water partition coefficient (Wildman–Crippen LogP) is 3.51. The van der Waals surface area contributed by atoms with Crippen LogP contribution in [0.3, 0.4) is 0 Å². The zero-order chi connectivity index (χ0) is 14.7. The summed E-state index contributed by atoms with van der Waals surface area (Å²) in [5.74, 6) is 5.33. The lowest BCUT2D eigenvalue weighted by atomic mass is 10.0. The van der Waals surface area contributed by atoms with E-state index in [1.807, 2.05) is 4.68 Å². The Hall–Kier alpha value is -0.760. The molecule has 0 spiro atoms. The number of hydrazine groups is 1. The van der Waals surface area contributed by atoms with Gasteiger partial charge in [0, 0.05) is 12.1 Å². The summed E-state index contributed by atoms with van der Waals surface area (Å²) in [6, 6.07) is 4.67. The zero-order valence-electron chi connectivity index (χ0n) is 10.9. The molecule has 0 aliphatic rings. The van der Waals surface area contributed by atoms with Crippen LogP contribution in [0.25, 0.3) is 0 Å². The molecule has 108 valence electrons. The van der Waals surface area contributed by atoms with Gasteiger partial charge in [-0.1, -0.05) is 19.1 Å². The van der Waals surface area contributed by atoms with Crippen molar-refractivity contribution in [2.75, 3.05) is 0 Å². The fourth-order valence-electron chi connectivity index (χ4n) is 2.11. The summed E-state index contributed by atoms with van der Waals surface area (Å²) in [5, 5.41) is 4.29. The molecule has 2 rings (SSSR count). The van der Waals surface area contributed by atoms with Crippen LogP contribution in [0.5, 0.6) is 0 Å². The van der Waals surface area contributed by atoms with Crippen LogP contribution >= 0.6 is 31.9 Å². The second-order valence-electron chi connectivity index (χ2n) is 4.34. The van der Waals surface area contributed by atoms with Crippen molar-refractivity contribution in [2.45, 2.75) is 25.9 Å². The maximum Gasteiger partial charge on any atom is 0.142 e. The number of aryl methyl sites for hydroxylation is 1. The molecule has 1 aromatic heterocycles. The molecular weight excluding hydrogens is 391 g/mol. The Balaban J connectivity index is 2.52. The fourth-order valence-corrected chi connectivity index (χ4v) is 3.02. The Kier molecular flexibility index (Phi) is 5.31. The van der Waals surface area contributed by atoms with E-state index in [2.05, 4.69) is 49.3 Å². The van der Waals surface area contributed by atoms with Gasteiger partial charge >= 0.3 is 0 Å². The number of aromatic nitrogens is 2. The fraction of sp³-hybridized carbons (Fsp3) is 0.308. The normalized spacial score (nSPS) is 12.7. The summed E-state index contributed by atoms with van der Waals surface area (Å²) in [5.41, 5.74) is 3.96. The molecule has 0 fully saturated rings. The largest absolute Gasteiger partial charge is 0.271 e. The minimum atomic E-state index is -0.476. The van der Waals surface area contributed by atoms with Gasteiger partial charge in [0.2, 0.25) is 0 Å². The number of benzene rings is 1. The molecule has 2 aromatic rings. The molecule has 3 N–H and O–H groups in total. The molecule has 1 unspecified atom stereocenters. The van der Waals surface area contributed by atoms with Gasteiger partial charge < -0.3 is 0 Å². The van der Waals surface area contributed by atoms with Crippen molar-refractivity contribution in [3.8, 4) is 0 Å². The van der Waals surface area contributed by atoms with E-state index >= 15 is 0 Å². The van der Waals surface area contributed by atoms with Crippen molar-refractivity contribution in [1.29, 1.82) is 0 Å². The van der Waals surface area contributed by atoms with Crippen LogP contribution in [0, 0.1) is 5.82 Å². The van der Waals surface area contributed by atoms with Gasteiger partial charge in [-0.15, -0.1) is 0 Å². The Morgan fingerprint density at radius 1 is 1.40 bits per heavy atom. The number of halogens is 3. The van der Waals surface area contributed by atoms with Gasteiger partial charge in [-0.25, -0.2) is 9.82 Å². The van der Waals surface area contributed by atoms with E-state index in [9.17, 15) is 4.39 Å². The van der Waals surface area contributed by atoms with Crippen molar-refractivity contribution >= 4 is 31.9 Å². The molecule has 0 bridgehead atoms. The van der Waals surface area contributed by atoms with Crippen molar-refractivity contribution in [3.63, 3.8) is 0 Å². The lowest BCUT2D eigenvalue weighted by Crippen LogP contribution is -2.31. The number of rotatable bonds is 5. The summed E-state index contributed by atoms with van der Waals surface area (Å²) in [6.45, 7) is 2.80. The lowest BCUT2D eigenvalue weighted by Gasteiger charge is -2.20. The van der Waals surface area contributed by atoms with Crippen molar-refractivity contribution in [1.82, 2.24) is 15.2 Å². The number of nitrogens with two attached hydrogens (primary N) is 1. The van der Waals surface area contributed by atoms with Crippen molar-refractivity contribution in [3.05, 3.63) is 50.4 Å². The van der Waals surface area contributed by atoms with Gasteiger partial charge in [-0.3, -0.25) is 10.5 Å². The first kappa shape index (κ1) is 15.6. The maximum absolute atomic E-state index is 14.3. The Bertz CT molecular complexity index is 600. The summed E-state index contributed by atoms with van der Waals surface area (Å²) < 4.78 is 17.3. The minimum absolute atomic E-state index is 0.327. The monoisotopic (exact) mass is 404 g/mol. The van der Waals surface area contributed by atoms with E-state index < -0.39 is 6.04 Å². The molecule has 1 heterocycles. The molecule has 0 saturated carbocycles. The second-order valence-corrected chi connectivity index (χ2v) is 6.05. The van der Waals surface area contributed by atoms with Crippen LogP contribution in [-0.4, -0.2) is 9.78 Å². The van der Waals surface area contributed by atoms with Crippen LogP contribution in [0.1, 0.15) is 30.6 Å². The van der Waals surface area contributed by atoms with E-state index in [0.29, 0.717) is 10.0 Å². The van der Waals surface area contributed by atoms with E-state index in [4.69, 9.17) is 5.84 Å². The van der Waals surface area contributed by atoms with Crippen molar-refractivity contribution < 1.29 is 4.39 Å². The topological polar surface area (TPSA) is 55.9 Å². The number of nitrogens with zero attached hydrogens (tertiary/aromatic N) is 2. The third-order valence-electron chi connectivity index (χ3n) is 3.00. The highest BCUT2D eigenvalue weighted by Gasteiger charge is 2.24. The lowest BCUT2D eigenvalue weighted by molar-refractivity contribution is 0.499. The van der Waals surface area contributed by atoms with Crippen molar-refractivity contribution in [2.24, 2.45) is 5.84 Å². The molecule has 0 amide bonds. The molecule has 20 heavy (non-hydrogen) atoms. The molecule has 7 heteroatoms. The quantitative estimate of drug-likeness (QED) is 0.591. The van der Waals surface area contributed by atoms with Gasteiger partial charge in [0.1, 0.15) is 5.82 Å². The first-order chi connectivity index (χ1) is 9.60. The highest BCUT2D eigenvalue weighted by atomic mass is 79.9. The van der Waals surface area contributed by atoms with E-state index in [1.54, 1.807) is 24.4 Å². The Morgan fingerprint density at radius 3 is 2.80 bits per heavy atom. The zero-order valence-corrected chi connectivity index (χ0v) is 14.1. The molecule has 4 nitrogen and oxygen atoms in total. The molecule has 0 aliphatic carbocycles. The van der Waals surface area contributed by atoms with E-state index in [0.717, 1.165) is 23.1 Å². The third-order valence-corrected chi connectivity index (χ3v) is 4.22. The first-order valence-corrected chi connectivity index (χ1v) is 7.80. The van der Waals surface area contributed by atoms with Gasteiger partial charge in [0.05, 0.1) is 26.9 Å². The van der Waals surface area contributed by atoms with E-state index in [1.165, 1.54) is 0 Å². The minimum Gasteiger partial charge on any atom is -0.271 e. The highest BCUT2D eigenvalue weighted by molar-refractivity contribution is 9.10. The molecule has 0 aliphatic heterocycles. The van der Waals surface area contributed by atoms with Crippen LogP contribution < -0.4 is 11.3 Å². The SMILES string of the molecule is CCCn1ncc(Br)c1C(NN)c1cccc(Br)c1F. The molecule has 1 atom stereocenters. The molecule has 0 radical (unpaired) electrons. The highest BCUT2D eigenvalue weighted by Crippen LogP contribution is 2.31. The average molecular weight is 406 g/mol. The Labute approximate surface area is 133 Å². The van der Waals surface area contributed by atoms with Crippen LogP contribution in [0.15, 0.2) is 33.3 Å². The van der Waals surface area contributed by atoms with Crippen LogP contribution in [-0.2, 0) is 6.54 Å². The second kappa shape index (κ2) is 6.80. The summed E-state index contributed by atoms with van der Waals surface area (Å²) >= 11 is 6.65. The smallest absolute Gasteiger partial charge is 0.142 e. The Morgan fingerprint density at radius 2 is 2.15 bits per heavy atom. The van der Waals surface area contributed by atoms with Crippen LogP contribution in [0.2, 0.25) is 0 Å². The maximum atomic E-state index is 14.3. The summed E-state index contributed by atoms with van der Waals surface area (Å²) in [4.78, 5) is 0. The first-order valence-electron chi connectivity index (χ1n) is 6.21. The van der Waals surface area contributed by atoms with Gasteiger partial charge in [-0.2, -0.15) is 5.10 Å². The standard InChI is InChI=1S/C13H15Br2FN4/c1-2-6-20-13(10(15)7-18-20)12(19-17)8-4-3-5-9(14)11(8)16/h3-5,7,12,19H,2,6,17H2,1H3. The number of nitrogens with one attached hydrogen (secondary N) is 1. The third kappa shape index (κ3) is 2.95.